The van der Waals surface area contributed by atoms with Gasteiger partial charge in [0, 0.05) is 32.0 Å². The summed E-state index contributed by atoms with van der Waals surface area (Å²) in [6, 6.07) is 7.69. The first kappa shape index (κ1) is 19.2. The van der Waals surface area contributed by atoms with Crippen molar-refractivity contribution in [2.45, 2.75) is 45.3 Å². The van der Waals surface area contributed by atoms with Crippen molar-refractivity contribution < 1.29 is 19.4 Å². The largest absolute Gasteiger partial charge is 0.478 e. The zero-order valence-electron chi connectivity index (χ0n) is 15.5. The molecule has 1 aliphatic heterocycles. The van der Waals surface area contributed by atoms with Gasteiger partial charge in [-0.05, 0) is 39.4 Å². The monoisotopic (exact) mass is 348 g/mol. The molecule has 1 aromatic carbocycles. The van der Waals surface area contributed by atoms with Crippen molar-refractivity contribution in [2.75, 3.05) is 26.7 Å². The van der Waals surface area contributed by atoms with Crippen molar-refractivity contribution in [3.63, 3.8) is 0 Å². The van der Waals surface area contributed by atoms with Gasteiger partial charge in [0.25, 0.3) is 0 Å². The molecule has 138 valence electrons. The van der Waals surface area contributed by atoms with Gasteiger partial charge in [0.15, 0.2) is 0 Å². The van der Waals surface area contributed by atoms with Crippen LogP contribution in [0.1, 0.15) is 32.3 Å². The van der Waals surface area contributed by atoms with Gasteiger partial charge >= 0.3 is 5.97 Å². The van der Waals surface area contributed by atoms with Gasteiger partial charge in [-0.2, -0.15) is 0 Å². The molecule has 0 bridgehead atoms. The number of hydrogen-bond acceptors (Lipinski definition) is 4. The van der Waals surface area contributed by atoms with E-state index in [-0.39, 0.29) is 24.8 Å². The van der Waals surface area contributed by atoms with Gasteiger partial charge in [-0.3, -0.25) is 9.69 Å². The van der Waals surface area contributed by atoms with Crippen LogP contribution in [-0.2, 0) is 9.59 Å². The molecular weight excluding hydrogens is 320 g/mol. The lowest BCUT2D eigenvalue weighted by Crippen LogP contribution is -2.55. The third-order valence-corrected chi connectivity index (χ3v) is 4.98. The molecule has 1 aromatic rings. The molecule has 1 N–H and O–H groups in total. The first-order valence-corrected chi connectivity index (χ1v) is 8.71. The molecule has 0 spiro atoms. The molecule has 1 aliphatic rings. The third-order valence-electron chi connectivity index (χ3n) is 4.98. The SMILES string of the molecule is Cc1ccccc1OC1(C(=O)O)CCN(C(=O)CN(C)C(C)C)CC1. The summed E-state index contributed by atoms with van der Waals surface area (Å²) in [6.45, 7) is 7.09. The number of piperidine rings is 1. The number of aryl methyl sites for hydroxylation is 1. The molecular formula is C19H28N2O4. The van der Waals surface area contributed by atoms with E-state index in [1.165, 1.54) is 0 Å². The van der Waals surface area contributed by atoms with E-state index in [9.17, 15) is 14.7 Å². The summed E-state index contributed by atoms with van der Waals surface area (Å²) in [7, 11) is 1.91. The van der Waals surface area contributed by atoms with Crippen LogP contribution in [0.5, 0.6) is 5.75 Å². The maximum atomic E-state index is 12.4. The van der Waals surface area contributed by atoms with E-state index < -0.39 is 11.6 Å². The number of carboxylic acid groups (broad SMARTS) is 1. The lowest BCUT2D eigenvalue weighted by atomic mass is 9.90. The molecule has 0 radical (unpaired) electrons. The summed E-state index contributed by atoms with van der Waals surface area (Å²) >= 11 is 0. The standard InChI is InChI=1S/C19H28N2O4/c1-14(2)20(4)13-17(22)21-11-9-19(10-12-21,18(23)24)25-16-8-6-5-7-15(16)3/h5-8,14H,9-13H2,1-4H3,(H,23,24). The maximum Gasteiger partial charge on any atom is 0.348 e. The first-order chi connectivity index (χ1) is 11.7. The fourth-order valence-corrected chi connectivity index (χ4v) is 2.85. The molecule has 25 heavy (non-hydrogen) atoms. The molecule has 0 unspecified atom stereocenters. The van der Waals surface area contributed by atoms with Gasteiger partial charge in [-0.1, -0.05) is 18.2 Å². The van der Waals surface area contributed by atoms with Crippen molar-refractivity contribution in [3.05, 3.63) is 29.8 Å². The molecule has 6 heteroatoms. The summed E-state index contributed by atoms with van der Waals surface area (Å²) in [5, 5.41) is 9.75. The first-order valence-electron chi connectivity index (χ1n) is 8.71. The number of benzene rings is 1. The second-order valence-corrected chi connectivity index (χ2v) is 7.06. The van der Waals surface area contributed by atoms with Crippen molar-refractivity contribution >= 4 is 11.9 Å². The highest BCUT2D eigenvalue weighted by Crippen LogP contribution is 2.31. The Morgan fingerprint density at radius 2 is 1.88 bits per heavy atom. The number of amides is 1. The quantitative estimate of drug-likeness (QED) is 0.853. The van der Waals surface area contributed by atoms with Crippen molar-refractivity contribution in [1.29, 1.82) is 0 Å². The highest BCUT2D eigenvalue weighted by atomic mass is 16.5. The fourth-order valence-electron chi connectivity index (χ4n) is 2.85. The van der Waals surface area contributed by atoms with Crippen molar-refractivity contribution in [3.8, 4) is 5.75 Å². The summed E-state index contributed by atoms with van der Waals surface area (Å²) in [6.07, 6.45) is 0.571. The number of nitrogens with zero attached hydrogens (tertiary/aromatic N) is 2. The second kappa shape index (κ2) is 7.87. The van der Waals surface area contributed by atoms with Gasteiger partial charge in [-0.25, -0.2) is 4.79 Å². The molecule has 1 saturated heterocycles. The predicted octanol–water partition coefficient (Wildman–Crippen LogP) is 2.16. The summed E-state index contributed by atoms with van der Waals surface area (Å²) in [5.74, 6) is -0.350. The minimum Gasteiger partial charge on any atom is -0.478 e. The van der Waals surface area contributed by atoms with Gasteiger partial charge < -0.3 is 14.7 Å². The summed E-state index contributed by atoms with van der Waals surface area (Å²) in [4.78, 5) is 28.0. The lowest BCUT2D eigenvalue weighted by Gasteiger charge is -2.39. The number of carboxylic acids is 1. The Labute approximate surface area is 149 Å². The van der Waals surface area contributed by atoms with E-state index in [4.69, 9.17) is 4.74 Å². The van der Waals surface area contributed by atoms with Crippen molar-refractivity contribution in [2.24, 2.45) is 0 Å². The Kier molecular flexibility index (Phi) is 6.06. The minimum absolute atomic E-state index is 0.0334. The van der Waals surface area contributed by atoms with E-state index in [1.54, 1.807) is 11.0 Å². The summed E-state index contributed by atoms with van der Waals surface area (Å²) in [5.41, 5.74) is -0.368. The second-order valence-electron chi connectivity index (χ2n) is 7.06. The topological polar surface area (TPSA) is 70.1 Å². The average molecular weight is 348 g/mol. The molecule has 0 aliphatic carbocycles. The van der Waals surface area contributed by atoms with E-state index in [2.05, 4.69) is 0 Å². The van der Waals surface area contributed by atoms with Gasteiger partial charge in [0.1, 0.15) is 5.75 Å². The van der Waals surface area contributed by atoms with Crippen LogP contribution in [0.3, 0.4) is 0 Å². The Morgan fingerprint density at radius 3 is 2.40 bits per heavy atom. The number of aliphatic carboxylic acids is 1. The van der Waals surface area contributed by atoms with E-state index >= 15 is 0 Å². The number of carbonyl (C=O) groups is 2. The third kappa shape index (κ3) is 4.51. The highest BCUT2D eigenvalue weighted by molar-refractivity contribution is 5.81. The molecule has 2 rings (SSSR count). The number of hydrogen-bond donors (Lipinski definition) is 1. The molecule has 1 fully saturated rings. The van der Waals surface area contributed by atoms with Crippen LogP contribution in [-0.4, -0.2) is 65.1 Å². The van der Waals surface area contributed by atoms with Gasteiger partial charge in [-0.15, -0.1) is 0 Å². The van der Waals surface area contributed by atoms with Crippen LogP contribution < -0.4 is 4.74 Å². The average Bonchev–Trinajstić information content (AvgIpc) is 2.57. The zero-order valence-corrected chi connectivity index (χ0v) is 15.5. The van der Waals surface area contributed by atoms with Crippen LogP contribution in [0.25, 0.3) is 0 Å². The number of ether oxygens (including phenoxy) is 1. The smallest absolute Gasteiger partial charge is 0.348 e. The highest BCUT2D eigenvalue weighted by Gasteiger charge is 2.45. The number of likely N-dealkylation sites (N-methyl/N-ethyl adjacent to an activating group) is 1. The lowest BCUT2D eigenvalue weighted by molar-refractivity contribution is -0.162. The minimum atomic E-state index is -1.27. The van der Waals surface area contributed by atoms with Gasteiger partial charge in [0.05, 0.1) is 6.54 Å². The van der Waals surface area contributed by atoms with Crippen LogP contribution in [0.15, 0.2) is 24.3 Å². The maximum absolute atomic E-state index is 12.4. The molecule has 0 aromatic heterocycles. The van der Waals surface area contributed by atoms with Crippen molar-refractivity contribution in [1.82, 2.24) is 9.80 Å². The van der Waals surface area contributed by atoms with E-state index in [0.717, 1.165) is 5.56 Å². The Morgan fingerprint density at radius 1 is 1.28 bits per heavy atom. The Hall–Kier alpha value is -2.08. The summed E-state index contributed by atoms with van der Waals surface area (Å²) < 4.78 is 5.93. The zero-order chi connectivity index (χ0) is 18.6. The number of para-hydroxylation sites is 1. The Balaban J connectivity index is 2.04. The van der Waals surface area contributed by atoms with Crippen LogP contribution in [0, 0.1) is 6.92 Å². The number of likely N-dealkylation sites (tertiary alicyclic amines) is 1. The molecule has 1 heterocycles. The fraction of sp³-hybridized carbons (Fsp3) is 0.579. The Bertz CT molecular complexity index is 622. The molecule has 6 nitrogen and oxygen atoms in total. The predicted molar refractivity (Wildman–Crippen MR) is 95.8 cm³/mol. The number of carbonyl (C=O) groups excluding carboxylic acids is 1. The van der Waals surface area contributed by atoms with Gasteiger partial charge in [0.2, 0.25) is 11.5 Å². The normalized spacial score (nSPS) is 17.0. The van der Waals surface area contributed by atoms with Crippen LogP contribution in [0.4, 0.5) is 0 Å². The van der Waals surface area contributed by atoms with E-state index in [0.29, 0.717) is 25.4 Å². The molecule has 0 saturated carbocycles. The van der Waals surface area contributed by atoms with E-state index in [1.807, 2.05) is 50.9 Å². The van der Waals surface area contributed by atoms with Crippen LogP contribution >= 0.6 is 0 Å². The number of rotatable bonds is 6. The molecule has 1 amide bonds. The van der Waals surface area contributed by atoms with Crippen LogP contribution in [0.2, 0.25) is 0 Å². The molecule has 0 atom stereocenters.